The number of nitrogens with one attached hydrogen (secondary N) is 3. The molecule has 0 radical (unpaired) electrons. The Bertz CT molecular complexity index is 2000. The molecule has 2 heterocycles. The van der Waals surface area contributed by atoms with Gasteiger partial charge in [0.05, 0.1) is 33.0 Å². The number of nitrogens with zero attached hydrogens (tertiary/aromatic N) is 1. The second-order valence-corrected chi connectivity index (χ2v) is 16.7. The molecule has 4 saturated carbocycles. The number of carbonyl (C=O) groups is 4. The molecule has 12 nitrogen and oxygen atoms in total. The molecule has 1 atom stereocenters. The molecule has 4 N–H and O–H groups in total. The first-order chi connectivity index (χ1) is 28.8. The summed E-state index contributed by atoms with van der Waals surface area (Å²) in [6.45, 7) is 3.48. The molecule has 12 heteroatoms. The summed E-state index contributed by atoms with van der Waals surface area (Å²) in [6.07, 6.45) is 9.16. The zero-order valence-corrected chi connectivity index (χ0v) is 33.7. The number of phenolic OH excluding ortho intramolecular Hbond substituents is 1. The lowest BCUT2D eigenvalue weighted by molar-refractivity contribution is -0.137. The minimum atomic E-state index is -0.649. The molecule has 0 aromatic heterocycles. The molecule has 3 aromatic carbocycles. The third-order valence-electron chi connectivity index (χ3n) is 12.8. The molecule has 312 valence electrons. The fraction of sp³-hybridized carbons (Fsp3) is 0.489. The van der Waals surface area contributed by atoms with Crippen LogP contribution >= 0.6 is 0 Å². The number of aromatic hydroxyl groups is 1. The van der Waals surface area contributed by atoms with Crippen molar-refractivity contribution >= 4 is 34.9 Å². The van der Waals surface area contributed by atoms with Gasteiger partial charge in [-0.25, -0.2) is 0 Å². The van der Waals surface area contributed by atoms with E-state index in [1.807, 2.05) is 12.1 Å². The van der Waals surface area contributed by atoms with Crippen molar-refractivity contribution < 1.29 is 38.5 Å². The fourth-order valence-electron chi connectivity index (χ4n) is 10.2. The molecule has 4 aliphatic carbocycles. The molecule has 3 aromatic rings. The van der Waals surface area contributed by atoms with E-state index in [4.69, 9.17) is 14.2 Å². The number of fused-ring (bicyclic) bond motifs is 1. The lowest BCUT2D eigenvalue weighted by atomic mass is 9.53. The summed E-state index contributed by atoms with van der Waals surface area (Å²) >= 11 is 0. The van der Waals surface area contributed by atoms with E-state index in [0.717, 1.165) is 41.7 Å². The highest BCUT2D eigenvalue weighted by Gasteiger charge is 2.46. The topological polar surface area (TPSA) is 156 Å². The molecule has 4 amide bonds. The second-order valence-electron chi connectivity index (χ2n) is 16.7. The Balaban J connectivity index is 0.677. The first-order valence-corrected chi connectivity index (χ1v) is 21.5. The minimum absolute atomic E-state index is 0.0469. The van der Waals surface area contributed by atoms with Gasteiger partial charge in [-0.15, -0.1) is 0 Å². The molecule has 6 aliphatic rings. The van der Waals surface area contributed by atoms with Crippen LogP contribution < -0.4 is 20.7 Å². The molecular weight excluding hydrogens is 749 g/mol. The number of phenols is 1. The molecule has 59 heavy (non-hydrogen) atoms. The van der Waals surface area contributed by atoms with E-state index in [0.29, 0.717) is 82.2 Å². The van der Waals surface area contributed by atoms with Crippen LogP contribution in [0.1, 0.15) is 91.3 Å². The number of amides is 4. The number of hydrogen-bond acceptors (Lipinski definition) is 9. The van der Waals surface area contributed by atoms with Crippen LogP contribution in [0.3, 0.4) is 0 Å². The average molecular weight is 805 g/mol. The van der Waals surface area contributed by atoms with E-state index in [9.17, 15) is 24.3 Å². The summed E-state index contributed by atoms with van der Waals surface area (Å²) in [7, 11) is 0. The van der Waals surface area contributed by atoms with Crippen LogP contribution in [0.25, 0.3) is 5.57 Å². The van der Waals surface area contributed by atoms with Gasteiger partial charge in [-0.05, 0) is 128 Å². The van der Waals surface area contributed by atoms with Gasteiger partial charge in [0.25, 0.3) is 5.91 Å². The first kappa shape index (κ1) is 40.6. The first-order valence-electron chi connectivity index (χ1n) is 21.5. The van der Waals surface area contributed by atoms with Crippen LogP contribution in [0.15, 0.2) is 72.3 Å². The van der Waals surface area contributed by atoms with Gasteiger partial charge in [0.2, 0.25) is 17.7 Å². The number of ether oxygens (including phenoxy) is 3. The highest BCUT2D eigenvalue weighted by atomic mass is 16.5. The number of imide groups is 1. The summed E-state index contributed by atoms with van der Waals surface area (Å²) in [5.74, 6) is 3.27. The molecule has 2 aliphatic heterocycles. The minimum Gasteiger partial charge on any atom is -0.508 e. The number of carbonyl (C=O) groups excluding carboxylic acids is 4. The van der Waals surface area contributed by atoms with Gasteiger partial charge in [0.1, 0.15) is 17.5 Å². The number of anilines is 1. The number of unbranched alkanes of at least 4 members (excludes halogenated alkanes) is 1. The maximum atomic E-state index is 13.0. The van der Waals surface area contributed by atoms with E-state index in [1.54, 1.807) is 28.7 Å². The van der Waals surface area contributed by atoms with Crippen LogP contribution in [0, 0.1) is 23.7 Å². The van der Waals surface area contributed by atoms with Crippen molar-refractivity contribution in [1.29, 1.82) is 0 Å². The van der Waals surface area contributed by atoms with Gasteiger partial charge in [-0.3, -0.25) is 24.5 Å². The molecule has 4 bridgehead atoms. The van der Waals surface area contributed by atoms with Crippen LogP contribution in [-0.4, -0.2) is 85.8 Å². The summed E-state index contributed by atoms with van der Waals surface area (Å²) in [5, 5.41) is 18.6. The van der Waals surface area contributed by atoms with Crippen LogP contribution in [0.5, 0.6) is 11.5 Å². The average Bonchev–Trinajstić information content (AvgIpc) is 3.56. The maximum Gasteiger partial charge on any atom is 0.255 e. The van der Waals surface area contributed by atoms with Crippen LogP contribution in [0.4, 0.5) is 5.69 Å². The Kier molecular flexibility index (Phi) is 12.9. The summed E-state index contributed by atoms with van der Waals surface area (Å²) in [5.41, 5.74) is 7.59. The normalized spacial score (nSPS) is 23.0. The number of rotatable bonds is 19. The van der Waals surface area contributed by atoms with Crippen molar-refractivity contribution in [2.45, 2.75) is 76.8 Å². The highest BCUT2D eigenvalue weighted by molar-refractivity contribution is 6.06. The lowest BCUT2D eigenvalue weighted by Crippen LogP contribution is -2.52. The SMILES string of the molecule is O=C(CCOCCOCCNc1cccc2c1CN(C1CCC(=O)NC1=O)C2=O)NCCCCOc1ccc(C(=C2C3CC4CC(C3)CC2C4)c2ccc(O)cc2)cc1. The third kappa shape index (κ3) is 9.65. The Hall–Kier alpha value is -5.20. The predicted molar refractivity (Wildman–Crippen MR) is 223 cm³/mol. The Morgan fingerprint density at radius 2 is 1.47 bits per heavy atom. The van der Waals surface area contributed by atoms with Crippen molar-refractivity contribution in [3.05, 3.63) is 94.6 Å². The predicted octanol–water partition coefficient (Wildman–Crippen LogP) is 6.22. The van der Waals surface area contributed by atoms with E-state index >= 15 is 0 Å². The van der Waals surface area contributed by atoms with E-state index in [2.05, 4.69) is 52.3 Å². The van der Waals surface area contributed by atoms with E-state index < -0.39 is 11.9 Å². The number of allylic oxidation sites excluding steroid dienone is 1. The quantitative estimate of drug-likeness (QED) is 0.0817. The van der Waals surface area contributed by atoms with Crippen molar-refractivity contribution in [2.24, 2.45) is 23.7 Å². The standard InChI is InChI=1S/C47H56N4O8/c52-36-10-6-32(7-11-36)44(45-34-25-30-24-31(27-34)28-35(45)26-30)33-8-12-37(13-9-33)59-19-2-1-17-49-42(53)16-20-57-22-23-58-21-18-48-40-5-3-4-38-39(40)29-51(47(38)56)41-14-15-43(54)50-46(41)55/h3-13,30-31,34-35,41,48,52H,1-2,14-29H2,(H,49,53)(H,50,54,55). The summed E-state index contributed by atoms with van der Waals surface area (Å²) in [4.78, 5) is 50.8. The lowest BCUT2D eigenvalue weighted by Gasteiger charge is -2.52. The maximum absolute atomic E-state index is 13.0. The van der Waals surface area contributed by atoms with Gasteiger partial charge in [0.15, 0.2) is 0 Å². The van der Waals surface area contributed by atoms with E-state index in [-0.39, 0.29) is 30.6 Å². The molecule has 1 saturated heterocycles. The Morgan fingerprint density at radius 3 is 2.19 bits per heavy atom. The smallest absolute Gasteiger partial charge is 0.255 e. The Morgan fingerprint density at radius 1 is 0.780 bits per heavy atom. The molecule has 1 unspecified atom stereocenters. The highest BCUT2D eigenvalue weighted by Crippen LogP contribution is 2.58. The van der Waals surface area contributed by atoms with Gasteiger partial charge < -0.3 is 34.9 Å². The van der Waals surface area contributed by atoms with Gasteiger partial charge >= 0.3 is 0 Å². The van der Waals surface area contributed by atoms with Crippen molar-refractivity contribution in [3.63, 3.8) is 0 Å². The van der Waals surface area contributed by atoms with Crippen LogP contribution in [0.2, 0.25) is 0 Å². The number of piperidine rings is 1. The molecule has 0 spiro atoms. The zero-order valence-electron chi connectivity index (χ0n) is 33.7. The monoisotopic (exact) mass is 804 g/mol. The zero-order chi connectivity index (χ0) is 40.7. The van der Waals surface area contributed by atoms with Crippen molar-refractivity contribution in [3.8, 4) is 11.5 Å². The largest absolute Gasteiger partial charge is 0.508 e. The molecule has 9 rings (SSSR count). The van der Waals surface area contributed by atoms with Gasteiger partial charge in [-0.2, -0.15) is 0 Å². The van der Waals surface area contributed by atoms with Crippen molar-refractivity contribution in [2.75, 3.05) is 51.4 Å². The fourth-order valence-corrected chi connectivity index (χ4v) is 10.2. The van der Waals surface area contributed by atoms with Gasteiger partial charge in [0, 0.05) is 49.3 Å². The second kappa shape index (κ2) is 18.8. The van der Waals surface area contributed by atoms with Gasteiger partial charge in [-0.1, -0.05) is 35.9 Å². The number of benzene rings is 3. The van der Waals surface area contributed by atoms with E-state index in [1.165, 1.54) is 48.8 Å². The Labute approximate surface area is 346 Å². The molecule has 5 fully saturated rings. The molecular formula is C47H56N4O8. The number of hydrogen-bond donors (Lipinski definition) is 4. The van der Waals surface area contributed by atoms with Crippen LogP contribution in [-0.2, 0) is 30.4 Å². The third-order valence-corrected chi connectivity index (χ3v) is 12.8. The van der Waals surface area contributed by atoms with Crippen molar-refractivity contribution in [1.82, 2.24) is 15.5 Å². The summed E-state index contributed by atoms with van der Waals surface area (Å²) < 4.78 is 17.4. The summed E-state index contributed by atoms with van der Waals surface area (Å²) in [6, 6.07) is 21.0.